The van der Waals surface area contributed by atoms with Gasteiger partial charge in [-0.15, -0.1) is 0 Å². The number of hydrogen-bond acceptors (Lipinski definition) is 3. The highest BCUT2D eigenvalue weighted by molar-refractivity contribution is 9.10. The molecule has 0 radical (unpaired) electrons. The fraction of sp³-hybridized carbons (Fsp3) is 0.250. The van der Waals surface area contributed by atoms with Crippen LogP contribution in [-0.4, -0.2) is 12.2 Å². The number of hydrogen-bond donors (Lipinski definition) is 1. The Hall–Kier alpha value is -1.23. The Morgan fingerprint density at radius 2 is 2.05 bits per heavy atom. The Morgan fingerprint density at radius 1 is 1.24 bits per heavy atom. The molecule has 0 bridgehead atoms. The largest absolute Gasteiger partial charge is 0.497 e. The van der Waals surface area contributed by atoms with Gasteiger partial charge in [0.05, 0.1) is 13.2 Å². The Labute approximate surface area is 136 Å². The molecule has 2 aromatic rings. The number of methoxy groups -OCH3 is 1. The first-order valence-electron chi connectivity index (χ1n) is 6.56. The van der Waals surface area contributed by atoms with Crippen molar-refractivity contribution in [2.24, 2.45) is 0 Å². The van der Waals surface area contributed by atoms with Crippen molar-refractivity contribution < 1.29 is 14.6 Å². The molecule has 21 heavy (non-hydrogen) atoms. The second-order valence-electron chi connectivity index (χ2n) is 4.93. The average molecular weight is 370 g/mol. The molecule has 0 spiro atoms. The molecule has 0 aliphatic carbocycles. The minimum absolute atomic E-state index is 0.272. The normalized spacial score (nSPS) is 20.6. The van der Waals surface area contributed by atoms with E-state index in [9.17, 15) is 5.11 Å². The van der Waals surface area contributed by atoms with Crippen molar-refractivity contribution in [2.45, 2.75) is 18.6 Å². The Bertz CT molecular complexity index is 675. The van der Waals surface area contributed by atoms with Crippen LogP contribution in [0.4, 0.5) is 0 Å². The minimum Gasteiger partial charge on any atom is -0.497 e. The zero-order chi connectivity index (χ0) is 15.0. The van der Waals surface area contributed by atoms with Crippen LogP contribution < -0.4 is 9.47 Å². The maximum absolute atomic E-state index is 10.4. The summed E-state index contributed by atoms with van der Waals surface area (Å²) in [6, 6.07) is 11.1. The lowest BCUT2D eigenvalue weighted by molar-refractivity contribution is 0.0655. The molecule has 0 saturated heterocycles. The topological polar surface area (TPSA) is 38.7 Å². The van der Waals surface area contributed by atoms with Crippen LogP contribution in [0.15, 0.2) is 40.9 Å². The number of aliphatic hydroxyl groups is 1. The van der Waals surface area contributed by atoms with Crippen molar-refractivity contribution in [1.29, 1.82) is 0 Å². The molecule has 5 heteroatoms. The van der Waals surface area contributed by atoms with Crippen LogP contribution in [0.2, 0.25) is 5.02 Å². The zero-order valence-electron chi connectivity index (χ0n) is 11.3. The van der Waals surface area contributed by atoms with E-state index in [4.69, 9.17) is 21.1 Å². The van der Waals surface area contributed by atoms with E-state index in [0.717, 1.165) is 15.6 Å². The third-order valence-electron chi connectivity index (χ3n) is 3.59. The van der Waals surface area contributed by atoms with Crippen LogP contribution in [0.1, 0.15) is 29.8 Å². The number of ether oxygens (including phenoxy) is 2. The van der Waals surface area contributed by atoms with E-state index in [-0.39, 0.29) is 6.10 Å². The van der Waals surface area contributed by atoms with E-state index in [2.05, 4.69) is 15.9 Å². The zero-order valence-corrected chi connectivity index (χ0v) is 13.7. The van der Waals surface area contributed by atoms with Crippen molar-refractivity contribution >= 4 is 27.5 Å². The van der Waals surface area contributed by atoms with Gasteiger partial charge in [-0.25, -0.2) is 0 Å². The molecule has 0 amide bonds. The van der Waals surface area contributed by atoms with E-state index < -0.39 is 6.10 Å². The quantitative estimate of drug-likeness (QED) is 0.836. The van der Waals surface area contributed by atoms with Crippen LogP contribution in [0.5, 0.6) is 11.5 Å². The maximum Gasteiger partial charge on any atom is 0.128 e. The molecule has 2 aromatic carbocycles. The summed E-state index contributed by atoms with van der Waals surface area (Å²) in [7, 11) is 1.60. The standard InChI is InChI=1S/C16H14BrClO3/c1-20-10-3-5-15-12(7-10)14(19)8-16(21-15)11-6-9(17)2-4-13(11)18/h2-7,14,16,19H,8H2,1H3/t14-,16?/m1/s1. The molecule has 3 nitrogen and oxygen atoms in total. The number of halogens is 2. The van der Waals surface area contributed by atoms with Gasteiger partial charge in [-0.05, 0) is 36.4 Å². The van der Waals surface area contributed by atoms with Crippen molar-refractivity contribution in [2.75, 3.05) is 7.11 Å². The molecule has 1 aliphatic rings. The molecule has 110 valence electrons. The van der Waals surface area contributed by atoms with Gasteiger partial charge in [-0.2, -0.15) is 0 Å². The van der Waals surface area contributed by atoms with Crippen LogP contribution in [0, 0.1) is 0 Å². The van der Waals surface area contributed by atoms with Crippen LogP contribution in [-0.2, 0) is 0 Å². The van der Waals surface area contributed by atoms with E-state index in [0.29, 0.717) is 22.9 Å². The third-order valence-corrected chi connectivity index (χ3v) is 4.42. The highest BCUT2D eigenvalue weighted by atomic mass is 79.9. The molecule has 2 atom stereocenters. The summed E-state index contributed by atoms with van der Waals surface area (Å²) in [4.78, 5) is 0. The fourth-order valence-electron chi connectivity index (χ4n) is 2.50. The van der Waals surface area contributed by atoms with Gasteiger partial charge in [-0.3, -0.25) is 0 Å². The maximum atomic E-state index is 10.4. The number of aliphatic hydroxyl groups excluding tert-OH is 1. The minimum atomic E-state index is -0.608. The van der Waals surface area contributed by atoms with Gasteiger partial charge in [0.2, 0.25) is 0 Å². The highest BCUT2D eigenvalue weighted by Crippen LogP contribution is 2.43. The molecular weight excluding hydrogens is 356 g/mol. The predicted octanol–water partition coefficient (Wildman–Crippen LogP) is 4.67. The molecule has 1 heterocycles. The first-order chi connectivity index (χ1) is 10.1. The highest BCUT2D eigenvalue weighted by Gasteiger charge is 2.29. The average Bonchev–Trinajstić information content (AvgIpc) is 2.49. The Kier molecular flexibility index (Phi) is 4.11. The molecule has 0 fully saturated rings. The first-order valence-corrected chi connectivity index (χ1v) is 7.73. The monoisotopic (exact) mass is 368 g/mol. The lowest BCUT2D eigenvalue weighted by Crippen LogP contribution is -2.19. The van der Waals surface area contributed by atoms with Gasteiger partial charge >= 0.3 is 0 Å². The van der Waals surface area contributed by atoms with Crippen LogP contribution in [0.25, 0.3) is 0 Å². The number of benzene rings is 2. The molecule has 0 saturated carbocycles. The van der Waals surface area contributed by atoms with E-state index in [1.165, 1.54) is 0 Å². The fourth-order valence-corrected chi connectivity index (χ4v) is 3.12. The Balaban J connectivity index is 1.96. The summed E-state index contributed by atoms with van der Waals surface area (Å²) in [5, 5.41) is 11.0. The first kappa shape index (κ1) is 14.7. The second-order valence-corrected chi connectivity index (χ2v) is 6.25. The smallest absolute Gasteiger partial charge is 0.128 e. The molecule has 1 N–H and O–H groups in total. The van der Waals surface area contributed by atoms with Gasteiger partial charge < -0.3 is 14.6 Å². The SMILES string of the molecule is COc1ccc2c(c1)[C@H](O)CC(c1cc(Br)ccc1Cl)O2. The van der Waals surface area contributed by atoms with Crippen molar-refractivity contribution in [1.82, 2.24) is 0 Å². The summed E-state index contributed by atoms with van der Waals surface area (Å²) < 4.78 is 12.1. The Morgan fingerprint density at radius 3 is 2.81 bits per heavy atom. The summed E-state index contributed by atoms with van der Waals surface area (Å²) in [6.07, 6.45) is -0.425. The van der Waals surface area contributed by atoms with Crippen molar-refractivity contribution in [3.05, 3.63) is 57.0 Å². The molecule has 0 aromatic heterocycles. The van der Waals surface area contributed by atoms with Gasteiger partial charge in [0.1, 0.15) is 17.6 Å². The van der Waals surface area contributed by atoms with E-state index in [1.54, 1.807) is 13.2 Å². The van der Waals surface area contributed by atoms with Crippen molar-refractivity contribution in [3.8, 4) is 11.5 Å². The summed E-state index contributed by atoms with van der Waals surface area (Å²) in [5.41, 5.74) is 1.61. The number of fused-ring (bicyclic) bond motifs is 1. The summed E-state index contributed by atoms with van der Waals surface area (Å²) >= 11 is 9.68. The lowest BCUT2D eigenvalue weighted by atomic mass is 9.95. The van der Waals surface area contributed by atoms with E-state index in [1.807, 2.05) is 30.3 Å². The van der Waals surface area contributed by atoms with Crippen molar-refractivity contribution in [3.63, 3.8) is 0 Å². The molecule has 1 unspecified atom stereocenters. The van der Waals surface area contributed by atoms with Gasteiger partial charge in [0.25, 0.3) is 0 Å². The second kappa shape index (κ2) is 5.87. The van der Waals surface area contributed by atoms with E-state index >= 15 is 0 Å². The van der Waals surface area contributed by atoms with Gasteiger partial charge in [0.15, 0.2) is 0 Å². The van der Waals surface area contributed by atoms with Gasteiger partial charge in [-0.1, -0.05) is 27.5 Å². The lowest BCUT2D eigenvalue weighted by Gasteiger charge is -2.30. The summed E-state index contributed by atoms with van der Waals surface area (Å²) in [5.74, 6) is 1.37. The third kappa shape index (κ3) is 2.89. The predicted molar refractivity (Wildman–Crippen MR) is 85.1 cm³/mol. The molecular formula is C16H14BrClO3. The molecule has 3 rings (SSSR count). The molecule has 1 aliphatic heterocycles. The van der Waals surface area contributed by atoms with Crippen LogP contribution in [0.3, 0.4) is 0 Å². The summed E-state index contributed by atoms with van der Waals surface area (Å²) in [6.45, 7) is 0. The van der Waals surface area contributed by atoms with Gasteiger partial charge in [0, 0.05) is 27.0 Å². The number of rotatable bonds is 2. The van der Waals surface area contributed by atoms with Crippen LogP contribution >= 0.6 is 27.5 Å².